The van der Waals surface area contributed by atoms with Crippen LogP contribution in [-0.2, 0) is 11.3 Å². The number of hydrogen-bond donors (Lipinski definition) is 0. The van der Waals surface area contributed by atoms with Crippen molar-refractivity contribution in [2.45, 2.75) is 39.3 Å². The zero-order valence-corrected chi connectivity index (χ0v) is 11.8. The fourth-order valence-electron chi connectivity index (χ4n) is 2.01. The normalized spacial score (nSPS) is 16.4. The van der Waals surface area contributed by atoms with Crippen molar-refractivity contribution < 1.29 is 4.79 Å². The average Bonchev–Trinajstić information content (AvgIpc) is 3.20. The predicted molar refractivity (Wildman–Crippen MR) is 74.6 cm³/mol. The molecule has 1 saturated carbocycles. The number of carbonyl (C=O) groups excluding carboxylic acids is 1. The zero-order valence-electron chi connectivity index (χ0n) is 11.0. The van der Waals surface area contributed by atoms with E-state index in [2.05, 4.69) is 31.2 Å². The highest BCUT2D eigenvalue weighted by Gasteiger charge is 2.34. The maximum atomic E-state index is 12.3. The van der Waals surface area contributed by atoms with Gasteiger partial charge in [0.2, 0.25) is 5.91 Å². The lowest BCUT2D eigenvalue weighted by molar-refractivity contribution is -0.135. The minimum Gasteiger partial charge on any atom is -0.335 e. The summed E-state index contributed by atoms with van der Waals surface area (Å²) < 4.78 is 0. The molecule has 0 aromatic heterocycles. The first kappa shape index (κ1) is 13.4. The molecule has 1 aliphatic rings. The second-order valence-corrected chi connectivity index (χ2v) is 5.55. The van der Waals surface area contributed by atoms with Gasteiger partial charge in [0.05, 0.1) is 0 Å². The number of aryl methyl sites for hydroxylation is 1. The number of nitrogens with zero attached hydrogens (tertiary/aromatic N) is 1. The quantitative estimate of drug-likeness (QED) is 0.748. The lowest BCUT2D eigenvalue weighted by Crippen LogP contribution is -2.37. The minimum atomic E-state index is -0.0854. The van der Waals surface area contributed by atoms with Crippen LogP contribution in [-0.4, -0.2) is 22.7 Å². The SMILES string of the molecule is Cc1ccc(CN(C(=O)C(C)CCl)C2CC2)cc1. The topological polar surface area (TPSA) is 20.3 Å². The number of hydrogen-bond acceptors (Lipinski definition) is 1. The van der Waals surface area contributed by atoms with Gasteiger partial charge in [0, 0.05) is 24.4 Å². The molecule has 1 fully saturated rings. The van der Waals surface area contributed by atoms with E-state index >= 15 is 0 Å². The van der Waals surface area contributed by atoms with Crippen molar-refractivity contribution in [3.05, 3.63) is 35.4 Å². The number of alkyl halides is 1. The fraction of sp³-hybridized carbons (Fsp3) is 0.533. The highest BCUT2D eigenvalue weighted by atomic mass is 35.5. The van der Waals surface area contributed by atoms with Crippen LogP contribution < -0.4 is 0 Å². The molecule has 1 unspecified atom stereocenters. The zero-order chi connectivity index (χ0) is 13.1. The molecule has 0 saturated heterocycles. The molecule has 98 valence electrons. The smallest absolute Gasteiger partial charge is 0.227 e. The maximum absolute atomic E-state index is 12.3. The average molecular weight is 266 g/mol. The van der Waals surface area contributed by atoms with Crippen molar-refractivity contribution in [1.82, 2.24) is 4.90 Å². The summed E-state index contributed by atoms with van der Waals surface area (Å²) in [5.41, 5.74) is 2.44. The number of benzene rings is 1. The Kier molecular flexibility index (Phi) is 4.28. The molecule has 2 nitrogen and oxygen atoms in total. The monoisotopic (exact) mass is 265 g/mol. The van der Waals surface area contributed by atoms with Crippen LogP contribution in [0.15, 0.2) is 24.3 Å². The third-order valence-corrected chi connectivity index (χ3v) is 3.86. The van der Waals surface area contributed by atoms with Gasteiger partial charge in [-0.1, -0.05) is 36.8 Å². The highest BCUT2D eigenvalue weighted by molar-refractivity contribution is 6.19. The molecule has 1 amide bonds. The Bertz CT molecular complexity index is 411. The van der Waals surface area contributed by atoms with Crippen molar-refractivity contribution in [2.24, 2.45) is 5.92 Å². The summed E-state index contributed by atoms with van der Waals surface area (Å²) in [6.07, 6.45) is 2.26. The van der Waals surface area contributed by atoms with Crippen LogP contribution in [0.3, 0.4) is 0 Å². The van der Waals surface area contributed by atoms with E-state index in [1.165, 1.54) is 11.1 Å². The van der Waals surface area contributed by atoms with Gasteiger partial charge in [-0.15, -0.1) is 11.6 Å². The van der Waals surface area contributed by atoms with E-state index in [1.807, 2.05) is 11.8 Å². The Balaban J connectivity index is 2.06. The number of amides is 1. The van der Waals surface area contributed by atoms with Crippen LogP contribution in [0.25, 0.3) is 0 Å². The van der Waals surface area contributed by atoms with Gasteiger partial charge in [0.15, 0.2) is 0 Å². The van der Waals surface area contributed by atoms with E-state index in [-0.39, 0.29) is 11.8 Å². The molecule has 18 heavy (non-hydrogen) atoms. The molecule has 1 aromatic rings. The predicted octanol–water partition coefficient (Wildman–Crippen LogP) is 3.36. The summed E-state index contributed by atoms with van der Waals surface area (Å²) >= 11 is 5.79. The van der Waals surface area contributed by atoms with Gasteiger partial charge in [-0.3, -0.25) is 4.79 Å². The first-order chi connectivity index (χ1) is 8.61. The highest BCUT2D eigenvalue weighted by Crippen LogP contribution is 2.29. The van der Waals surface area contributed by atoms with Gasteiger partial charge in [0.25, 0.3) is 0 Å². The van der Waals surface area contributed by atoms with Gasteiger partial charge in [0.1, 0.15) is 0 Å². The van der Waals surface area contributed by atoms with E-state index < -0.39 is 0 Å². The molecule has 1 aromatic carbocycles. The van der Waals surface area contributed by atoms with Crippen molar-refractivity contribution in [2.75, 3.05) is 5.88 Å². The van der Waals surface area contributed by atoms with Crippen LogP contribution in [0.4, 0.5) is 0 Å². The Morgan fingerprint density at radius 1 is 1.39 bits per heavy atom. The summed E-state index contributed by atoms with van der Waals surface area (Å²) in [7, 11) is 0. The standard InChI is InChI=1S/C15H20ClNO/c1-11-3-5-13(6-4-11)10-17(14-7-8-14)15(18)12(2)9-16/h3-6,12,14H,7-10H2,1-2H3. The fourth-order valence-corrected chi connectivity index (χ4v) is 2.14. The van der Waals surface area contributed by atoms with Crippen molar-refractivity contribution in [3.63, 3.8) is 0 Å². The van der Waals surface area contributed by atoms with Crippen LogP contribution in [0, 0.1) is 12.8 Å². The van der Waals surface area contributed by atoms with Gasteiger partial charge in [-0.05, 0) is 25.3 Å². The van der Waals surface area contributed by atoms with E-state index in [4.69, 9.17) is 11.6 Å². The third-order valence-electron chi connectivity index (χ3n) is 3.40. The first-order valence-corrected chi connectivity index (χ1v) is 7.07. The molecule has 1 aliphatic carbocycles. The Hall–Kier alpha value is -1.02. The molecule has 3 heteroatoms. The molecule has 1 atom stereocenters. The van der Waals surface area contributed by atoms with Gasteiger partial charge in [-0.2, -0.15) is 0 Å². The third kappa shape index (κ3) is 3.26. The lowest BCUT2D eigenvalue weighted by Gasteiger charge is -2.25. The maximum Gasteiger partial charge on any atom is 0.227 e. The van der Waals surface area contributed by atoms with Gasteiger partial charge >= 0.3 is 0 Å². The summed E-state index contributed by atoms with van der Waals surface area (Å²) in [4.78, 5) is 14.3. The largest absolute Gasteiger partial charge is 0.335 e. The molecule has 0 radical (unpaired) electrons. The summed E-state index contributed by atoms with van der Waals surface area (Å²) in [6.45, 7) is 4.69. The van der Waals surface area contributed by atoms with Crippen molar-refractivity contribution in [1.29, 1.82) is 0 Å². The molecular formula is C15H20ClNO. The summed E-state index contributed by atoms with van der Waals surface area (Å²) in [5.74, 6) is 0.501. The molecule has 2 rings (SSSR count). The second-order valence-electron chi connectivity index (χ2n) is 5.24. The number of halogens is 1. The van der Waals surface area contributed by atoms with E-state index in [9.17, 15) is 4.79 Å². The molecule has 0 N–H and O–H groups in total. The second kappa shape index (κ2) is 5.75. The lowest BCUT2D eigenvalue weighted by atomic mass is 10.1. The molecular weight excluding hydrogens is 246 g/mol. The molecule has 0 heterocycles. The minimum absolute atomic E-state index is 0.0854. The summed E-state index contributed by atoms with van der Waals surface area (Å²) in [5, 5.41) is 0. The van der Waals surface area contributed by atoms with E-state index in [0.29, 0.717) is 18.5 Å². The van der Waals surface area contributed by atoms with Crippen LogP contribution in [0.5, 0.6) is 0 Å². The van der Waals surface area contributed by atoms with E-state index in [1.54, 1.807) is 0 Å². The molecule has 0 spiro atoms. The Morgan fingerprint density at radius 3 is 2.50 bits per heavy atom. The number of rotatable bonds is 5. The van der Waals surface area contributed by atoms with Gasteiger partial charge in [-0.25, -0.2) is 0 Å². The van der Waals surface area contributed by atoms with Crippen LogP contribution in [0.1, 0.15) is 30.9 Å². The summed E-state index contributed by atoms with van der Waals surface area (Å²) in [6, 6.07) is 8.82. The van der Waals surface area contributed by atoms with Crippen LogP contribution >= 0.6 is 11.6 Å². The van der Waals surface area contributed by atoms with E-state index in [0.717, 1.165) is 12.8 Å². The first-order valence-electron chi connectivity index (χ1n) is 6.54. The molecule has 0 bridgehead atoms. The Morgan fingerprint density at radius 2 is 2.00 bits per heavy atom. The van der Waals surface area contributed by atoms with Crippen LogP contribution in [0.2, 0.25) is 0 Å². The number of carbonyl (C=O) groups is 1. The Labute approximate surface area is 114 Å². The molecule has 0 aliphatic heterocycles. The van der Waals surface area contributed by atoms with Gasteiger partial charge < -0.3 is 4.90 Å². The van der Waals surface area contributed by atoms with Crippen molar-refractivity contribution >= 4 is 17.5 Å². The van der Waals surface area contributed by atoms with Crippen molar-refractivity contribution in [3.8, 4) is 0 Å².